The van der Waals surface area contributed by atoms with Crippen molar-refractivity contribution in [2.24, 2.45) is 0 Å². The SMILES string of the molecule is C1=C(Nc2cc(C3CC3)[nH]n2)n2ccnc2CN1c1cccnc1. The fourth-order valence-electron chi connectivity index (χ4n) is 3.00. The zero-order valence-electron chi connectivity index (χ0n) is 13.1. The molecule has 1 aliphatic heterocycles. The number of aromatic amines is 1. The summed E-state index contributed by atoms with van der Waals surface area (Å²) >= 11 is 0. The van der Waals surface area contributed by atoms with Crippen molar-refractivity contribution in [2.45, 2.75) is 25.3 Å². The van der Waals surface area contributed by atoms with E-state index in [0.29, 0.717) is 12.5 Å². The predicted octanol–water partition coefficient (Wildman–Crippen LogP) is 2.77. The van der Waals surface area contributed by atoms with Crippen molar-refractivity contribution in [3.05, 3.63) is 60.7 Å². The molecular formula is C17H17N7. The summed E-state index contributed by atoms with van der Waals surface area (Å²) in [6.07, 6.45) is 12.0. The van der Waals surface area contributed by atoms with E-state index < -0.39 is 0 Å². The third-order valence-corrected chi connectivity index (χ3v) is 4.42. The van der Waals surface area contributed by atoms with Crippen LogP contribution in [0.1, 0.15) is 30.3 Å². The van der Waals surface area contributed by atoms with Crippen LogP contribution in [0.15, 0.2) is 49.2 Å². The summed E-state index contributed by atoms with van der Waals surface area (Å²) in [4.78, 5) is 10.8. The van der Waals surface area contributed by atoms with Gasteiger partial charge in [0.25, 0.3) is 0 Å². The highest BCUT2D eigenvalue weighted by atomic mass is 15.3. The van der Waals surface area contributed by atoms with Crippen LogP contribution in [0.5, 0.6) is 0 Å². The first-order valence-electron chi connectivity index (χ1n) is 8.10. The molecule has 1 saturated carbocycles. The van der Waals surface area contributed by atoms with E-state index in [1.807, 2.05) is 30.7 Å². The van der Waals surface area contributed by atoms with Crippen LogP contribution < -0.4 is 10.2 Å². The van der Waals surface area contributed by atoms with E-state index in [9.17, 15) is 0 Å². The summed E-state index contributed by atoms with van der Waals surface area (Å²) < 4.78 is 2.05. The zero-order valence-corrected chi connectivity index (χ0v) is 13.1. The number of aromatic nitrogens is 5. The van der Waals surface area contributed by atoms with Gasteiger partial charge >= 0.3 is 0 Å². The van der Waals surface area contributed by atoms with Crippen LogP contribution in [0.3, 0.4) is 0 Å². The Labute approximate surface area is 139 Å². The molecule has 4 heterocycles. The summed E-state index contributed by atoms with van der Waals surface area (Å²) in [5.41, 5.74) is 2.25. The molecule has 7 heteroatoms. The Bertz CT molecular complexity index is 889. The topological polar surface area (TPSA) is 74.7 Å². The number of pyridine rings is 1. The van der Waals surface area contributed by atoms with Crippen LogP contribution in [-0.2, 0) is 6.54 Å². The van der Waals surface area contributed by atoms with Gasteiger partial charge in [-0.25, -0.2) is 4.98 Å². The van der Waals surface area contributed by atoms with Crippen molar-refractivity contribution in [2.75, 3.05) is 10.2 Å². The van der Waals surface area contributed by atoms with Gasteiger partial charge in [0.1, 0.15) is 11.6 Å². The first-order valence-corrected chi connectivity index (χ1v) is 8.10. The molecule has 24 heavy (non-hydrogen) atoms. The lowest BCUT2D eigenvalue weighted by molar-refractivity contribution is 0.804. The number of fused-ring (bicyclic) bond motifs is 1. The van der Waals surface area contributed by atoms with Crippen molar-refractivity contribution in [3.63, 3.8) is 0 Å². The van der Waals surface area contributed by atoms with E-state index in [-0.39, 0.29) is 0 Å². The van der Waals surface area contributed by atoms with Crippen LogP contribution in [0.4, 0.5) is 11.5 Å². The van der Waals surface area contributed by atoms with Gasteiger partial charge in [0.05, 0.1) is 18.4 Å². The molecule has 0 saturated heterocycles. The Morgan fingerprint density at radius 2 is 2.21 bits per heavy atom. The Morgan fingerprint density at radius 3 is 3.04 bits per heavy atom. The molecule has 2 N–H and O–H groups in total. The summed E-state index contributed by atoms with van der Waals surface area (Å²) in [6.45, 7) is 0.706. The van der Waals surface area contributed by atoms with Crippen molar-refractivity contribution in [1.82, 2.24) is 24.7 Å². The lowest BCUT2D eigenvalue weighted by Gasteiger charge is -2.27. The standard InChI is InChI=1S/C17H17N7/c1-2-13(9-18-5-1)23-10-16-19-6-7-24(16)17(11-23)20-15-8-14(21-22-15)12-3-4-12/h1-2,5-9,11-12H,3-4,10H2,(H2,20,21,22). The normalized spacial score (nSPS) is 16.7. The Morgan fingerprint density at radius 1 is 1.25 bits per heavy atom. The van der Waals surface area contributed by atoms with E-state index >= 15 is 0 Å². The van der Waals surface area contributed by atoms with Crippen LogP contribution in [0, 0.1) is 0 Å². The van der Waals surface area contributed by atoms with E-state index in [4.69, 9.17) is 0 Å². The maximum atomic E-state index is 4.46. The van der Waals surface area contributed by atoms with Crippen LogP contribution >= 0.6 is 0 Å². The van der Waals surface area contributed by atoms with Crippen LogP contribution in [0.25, 0.3) is 5.82 Å². The second-order valence-electron chi connectivity index (χ2n) is 6.17. The highest BCUT2D eigenvalue weighted by molar-refractivity contribution is 5.68. The van der Waals surface area contributed by atoms with E-state index in [1.165, 1.54) is 18.5 Å². The summed E-state index contributed by atoms with van der Waals surface area (Å²) in [6, 6.07) is 6.07. The van der Waals surface area contributed by atoms with Gasteiger partial charge in [0.15, 0.2) is 5.82 Å². The molecule has 0 bridgehead atoms. The minimum Gasteiger partial charge on any atom is -0.336 e. The van der Waals surface area contributed by atoms with Crippen molar-refractivity contribution in [1.29, 1.82) is 0 Å². The molecule has 7 nitrogen and oxygen atoms in total. The fraction of sp³-hybridized carbons (Fsp3) is 0.235. The van der Waals surface area contributed by atoms with Gasteiger partial charge in [-0.2, -0.15) is 5.10 Å². The Kier molecular flexibility index (Phi) is 2.91. The van der Waals surface area contributed by atoms with Crippen molar-refractivity contribution < 1.29 is 0 Å². The largest absolute Gasteiger partial charge is 0.336 e. The fourth-order valence-corrected chi connectivity index (χ4v) is 3.00. The van der Waals surface area contributed by atoms with Crippen LogP contribution in [-0.4, -0.2) is 24.7 Å². The lowest BCUT2D eigenvalue weighted by Crippen LogP contribution is -2.27. The molecule has 0 atom stereocenters. The molecule has 0 unspecified atom stereocenters. The molecule has 3 aromatic heterocycles. The summed E-state index contributed by atoms with van der Waals surface area (Å²) in [5, 5.41) is 10.9. The Balaban J connectivity index is 1.47. The number of anilines is 2. The molecule has 2 aliphatic rings. The molecule has 0 spiro atoms. The number of nitrogens with one attached hydrogen (secondary N) is 2. The molecule has 0 aromatic carbocycles. The minimum atomic E-state index is 0.657. The second-order valence-corrected chi connectivity index (χ2v) is 6.17. The third-order valence-electron chi connectivity index (χ3n) is 4.42. The van der Waals surface area contributed by atoms with E-state index in [1.54, 1.807) is 6.20 Å². The quantitative estimate of drug-likeness (QED) is 0.773. The van der Waals surface area contributed by atoms with Crippen molar-refractivity contribution >= 4 is 17.3 Å². The summed E-state index contributed by atoms with van der Waals surface area (Å²) in [7, 11) is 0. The molecular weight excluding hydrogens is 302 g/mol. The first kappa shape index (κ1) is 13.4. The molecule has 0 radical (unpaired) electrons. The van der Waals surface area contributed by atoms with Gasteiger partial charge in [-0.3, -0.25) is 14.6 Å². The first-order chi connectivity index (χ1) is 11.9. The maximum Gasteiger partial charge on any atom is 0.153 e. The molecule has 120 valence electrons. The smallest absolute Gasteiger partial charge is 0.153 e. The van der Waals surface area contributed by atoms with Gasteiger partial charge in [0.2, 0.25) is 0 Å². The number of rotatable bonds is 4. The molecule has 1 fully saturated rings. The average molecular weight is 319 g/mol. The Hall–Kier alpha value is -3.09. The number of H-pyrrole nitrogens is 1. The second kappa shape index (κ2) is 5.23. The van der Waals surface area contributed by atoms with Crippen LogP contribution in [0.2, 0.25) is 0 Å². The zero-order chi connectivity index (χ0) is 15.9. The van der Waals surface area contributed by atoms with Gasteiger partial charge in [-0.05, 0) is 25.0 Å². The van der Waals surface area contributed by atoms with Gasteiger partial charge < -0.3 is 10.2 Å². The van der Waals surface area contributed by atoms with Gasteiger partial charge in [-0.1, -0.05) is 0 Å². The predicted molar refractivity (Wildman–Crippen MR) is 91.1 cm³/mol. The maximum absolute atomic E-state index is 4.46. The number of hydrogen-bond acceptors (Lipinski definition) is 5. The highest BCUT2D eigenvalue weighted by Gasteiger charge is 2.26. The monoisotopic (exact) mass is 319 g/mol. The van der Waals surface area contributed by atoms with Gasteiger partial charge in [-0.15, -0.1) is 0 Å². The lowest BCUT2D eigenvalue weighted by atomic mass is 10.3. The molecule has 1 aliphatic carbocycles. The van der Waals surface area contributed by atoms with E-state index in [0.717, 1.165) is 23.2 Å². The van der Waals surface area contributed by atoms with E-state index in [2.05, 4.69) is 47.2 Å². The number of imidazole rings is 1. The third kappa shape index (κ3) is 2.34. The molecule has 3 aromatic rings. The molecule has 5 rings (SSSR count). The van der Waals surface area contributed by atoms with Crippen molar-refractivity contribution in [3.8, 4) is 0 Å². The number of nitrogens with zero attached hydrogens (tertiary/aromatic N) is 5. The highest BCUT2D eigenvalue weighted by Crippen LogP contribution is 2.39. The number of hydrogen-bond donors (Lipinski definition) is 2. The summed E-state index contributed by atoms with van der Waals surface area (Å²) in [5.74, 6) is 3.38. The average Bonchev–Trinajstić information content (AvgIpc) is 3.17. The minimum absolute atomic E-state index is 0.657. The molecule has 0 amide bonds. The van der Waals surface area contributed by atoms with Gasteiger partial charge in [0, 0.05) is 42.5 Å².